The van der Waals surface area contributed by atoms with E-state index in [0.717, 1.165) is 6.42 Å². The minimum atomic E-state index is 0.576. The first-order valence-electron chi connectivity index (χ1n) is 5.10. The Morgan fingerprint density at radius 2 is 2.20 bits per heavy atom. The second kappa shape index (κ2) is 3.78. The zero-order chi connectivity index (χ0) is 10.8. The van der Waals surface area contributed by atoms with Gasteiger partial charge in [0.05, 0.1) is 0 Å². The van der Waals surface area contributed by atoms with Crippen molar-refractivity contribution >= 4 is 10.9 Å². The number of hydrogen-bond acceptors (Lipinski definition) is 0. The highest BCUT2D eigenvalue weighted by atomic mass is 14.9. The Bertz CT molecular complexity index is 529. The number of hydrogen-bond donors (Lipinski definition) is 0. The second-order valence-corrected chi connectivity index (χ2v) is 3.92. The van der Waals surface area contributed by atoms with Crippen LogP contribution in [0.25, 0.3) is 15.7 Å². The molecule has 2 heteroatoms. The number of aromatic nitrogens is 1. The molecule has 0 atom stereocenters. The summed E-state index contributed by atoms with van der Waals surface area (Å²) in [6.45, 7) is 9.51. The van der Waals surface area contributed by atoms with Gasteiger partial charge in [-0.3, -0.25) is 0 Å². The van der Waals surface area contributed by atoms with E-state index in [2.05, 4.69) is 47.8 Å². The van der Waals surface area contributed by atoms with E-state index in [1.807, 2.05) is 0 Å². The largest absolute Gasteiger partial charge is 0.350 e. The van der Waals surface area contributed by atoms with Crippen LogP contribution in [0.2, 0.25) is 0 Å². The predicted octanol–water partition coefficient (Wildman–Crippen LogP) is 2.95. The molecule has 2 nitrogen and oxygen atoms in total. The highest BCUT2D eigenvalue weighted by molar-refractivity contribution is 5.84. The Labute approximate surface area is 90.0 Å². The molecule has 0 bridgehead atoms. The Balaban J connectivity index is 2.55. The average Bonchev–Trinajstić information content (AvgIpc) is 2.52. The summed E-state index contributed by atoms with van der Waals surface area (Å²) in [5, 5.41) is 1.29. The minimum absolute atomic E-state index is 0.576. The lowest BCUT2D eigenvalue weighted by Crippen LogP contribution is -1.85. The van der Waals surface area contributed by atoms with Gasteiger partial charge in [0.1, 0.15) is 0 Å². The first kappa shape index (κ1) is 9.79. The highest BCUT2D eigenvalue weighted by Gasteiger charge is 2.06. The number of rotatable bonds is 2. The molecule has 0 saturated heterocycles. The van der Waals surface area contributed by atoms with E-state index in [0.29, 0.717) is 6.54 Å². The van der Waals surface area contributed by atoms with Gasteiger partial charge in [-0.2, -0.15) is 0 Å². The van der Waals surface area contributed by atoms with Crippen LogP contribution >= 0.6 is 0 Å². The molecule has 0 amide bonds. The molecule has 1 heterocycles. The van der Waals surface area contributed by atoms with Gasteiger partial charge < -0.3 is 9.41 Å². The van der Waals surface area contributed by atoms with Gasteiger partial charge in [-0.05, 0) is 24.6 Å². The van der Waals surface area contributed by atoms with E-state index in [-0.39, 0.29) is 0 Å². The van der Waals surface area contributed by atoms with Crippen LogP contribution in [0, 0.1) is 13.5 Å². The lowest BCUT2D eigenvalue weighted by atomic mass is 10.1. The van der Waals surface area contributed by atoms with Crippen LogP contribution in [0.4, 0.5) is 0 Å². The van der Waals surface area contributed by atoms with Crippen molar-refractivity contribution in [3.05, 3.63) is 46.9 Å². The molecule has 0 N–H and O–H groups in total. The first-order valence-corrected chi connectivity index (χ1v) is 5.10. The van der Waals surface area contributed by atoms with Gasteiger partial charge in [-0.25, -0.2) is 6.57 Å². The Hall–Kier alpha value is -1.75. The summed E-state index contributed by atoms with van der Waals surface area (Å²) in [5.41, 5.74) is 3.81. The summed E-state index contributed by atoms with van der Waals surface area (Å²) in [7, 11) is 2.05. The van der Waals surface area contributed by atoms with Crippen molar-refractivity contribution in [3.8, 4) is 0 Å². The maximum absolute atomic E-state index is 6.83. The average molecular weight is 198 g/mol. The van der Waals surface area contributed by atoms with E-state index in [1.165, 1.54) is 22.0 Å². The third-order valence-electron chi connectivity index (χ3n) is 2.72. The molecule has 0 aliphatic rings. The van der Waals surface area contributed by atoms with Gasteiger partial charge in [0, 0.05) is 30.6 Å². The number of fused-ring (bicyclic) bond motifs is 1. The molecule has 0 aliphatic heterocycles. The van der Waals surface area contributed by atoms with Crippen molar-refractivity contribution in [2.24, 2.45) is 7.05 Å². The molecular weight excluding hydrogens is 184 g/mol. The SMILES string of the molecule is [C-]#[N+]CCc1cn(C)c2ccc(C)cc12. The van der Waals surface area contributed by atoms with Crippen LogP contribution in [0.15, 0.2) is 24.4 Å². The van der Waals surface area contributed by atoms with Crippen LogP contribution in [0.1, 0.15) is 11.1 Å². The third kappa shape index (κ3) is 1.73. The van der Waals surface area contributed by atoms with Crippen molar-refractivity contribution in [2.45, 2.75) is 13.3 Å². The highest BCUT2D eigenvalue weighted by Crippen LogP contribution is 2.22. The number of benzene rings is 1. The van der Waals surface area contributed by atoms with Crippen LogP contribution in [0.5, 0.6) is 0 Å². The Morgan fingerprint density at radius 1 is 1.40 bits per heavy atom. The number of aryl methyl sites for hydroxylation is 2. The summed E-state index contributed by atoms with van der Waals surface area (Å²) in [4.78, 5) is 3.41. The van der Waals surface area contributed by atoms with Crippen molar-refractivity contribution in [1.29, 1.82) is 0 Å². The van der Waals surface area contributed by atoms with Crippen LogP contribution < -0.4 is 0 Å². The van der Waals surface area contributed by atoms with Gasteiger partial charge in [0.15, 0.2) is 0 Å². The van der Waals surface area contributed by atoms with E-state index < -0.39 is 0 Å². The lowest BCUT2D eigenvalue weighted by molar-refractivity contribution is 0.950. The van der Waals surface area contributed by atoms with Crippen molar-refractivity contribution in [1.82, 2.24) is 4.57 Å². The molecule has 1 aromatic heterocycles. The quantitative estimate of drug-likeness (QED) is 0.656. The van der Waals surface area contributed by atoms with E-state index in [4.69, 9.17) is 6.57 Å². The molecule has 0 aliphatic carbocycles. The third-order valence-corrected chi connectivity index (χ3v) is 2.72. The Morgan fingerprint density at radius 3 is 2.93 bits per heavy atom. The van der Waals surface area contributed by atoms with E-state index in [9.17, 15) is 0 Å². The summed E-state index contributed by atoms with van der Waals surface area (Å²) in [5.74, 6) is 0. The molecule has 0 saturated carbocycles. The summed E-state index contributed by atoms with van der Waals surface area (Å²) in [6, 6.07) is 6.47. The topological polar surface area (TPSA) is 9.29 Å². The molecule has 0 radical (unpaired) electrons. The van der Waals surface area contributed by atoms with Gasteiger partial charge in [-0.1, -0.05) is 11.6 Å². The van der Waals surface area contributed by atoms with Crippen LogP contribution in [-0.4, -0.2) is 11.1 Å². The van der Waals surface area contributed by atoms with Crippen molar-refractivity contribution in [2.75, 3.05) is 6.54 Å². The monoisotopic (exact) mass is 198 g/mol. The number of nitrogens with zero attached hydrogens (tertiary/aromatic N) is 2. The first-order chi connectivity index (χ1) is 7.22. The smallest absolute Gasteiger partial charge is 0.218 e. The molecule has 1 aromatic carbocycles. The zero-order valence-electron chi connectivity index (χ0n) is 9.12. The molecule has 0 fully saturated rings. The molecule has 2 rings (SSSR count). The predicted molar refractivity (Wildman–Crippen MR) is 62.8 cm³/mol. The Kier molecular flexibility index (Phi) is 2.47. The summed E-state index contributed by atoms with van der Waals surface area (Å²) >= 11 is 0. The van der Waals surface area contributed by atoms with E-state index in [1.54, 1.807) is 0 Å². The molecule has 2 aromatic rings. The maximum Gasteiger partial charge on any atom is 0.218 e. The minimum Gasteiger partial charge on any atom is -0.350 e. The molecule has 0 unspecified atom stereocenters. The fourth-order valence-electron chi connectivity index (χ4n) is 1.96. The lowest BCUT2D eigenvalue weighted by Gasteiger charge is -1.97. The van der Waals surface area contributed by atoms with Crippen molar-refractivity contribution in [3.63, 3.8) is 0 Å². The molecule has 15 heavy (non-hydrogen) atoms. The summed E-state index contributed by atoms with van der Waals surface area (Å²) < 4.78 is 2.13. The van der Waals surface area contributed by atoms with Gasteiger partial charge in [-0.15, -0.1) is 0 Å². The standard InChI is InChI=1S/C13H14N2/c1-10-4-5-13-12(8-10)11(6-7-14-2)9-15(13)3/h4-5,8-9H,6-7H2,1,3H3. The second-order valence-electron chi connectivity index (χ2n) is 3.92. The molecular formula is C13H14N2. The van der Waals surface area contributed by atoms with Gasteiger partial charge >= 0.3 is 0 Å². The van der Waals surface area contributed by atoms with E-state index >= 15 is 0 Å². The van der Waals surface area contributed by atoms with Gasteiger partial charge in [0.25, 0.3) is 0 Å². The van der Waals surface area contributed by atoms with Crippen molar-refractivity contribution < 1.29 is 0 Å². The fourth-order valence-corrected chi connectivity index (χ4v) is 1.96. The normalized spacial score (nSPS) is 10.5. The van der Waals surface area contributed by atoms with Gasteiger partial charge in [0.2, 0.25) is 6.54 Å². The van der Waals surface area contributed by atoms with Crippen LogP contribution in [-0.2, 0) is 13.5 Å². The summed E-state index contributed by atoms with van der Waals surface area (Å²) in [6.07, 6.45) is 2.99. The fraction of sp³-hybridized carbons (Fsp3) is 0.308. The van der Waals surface area contributed by atoms with Crippen LogP contribution in [0.3, 0.4) is 0 Å². The molecule has 76 valence electrons. The maximum atomic E-state index is 6.83. The molecule has 0 spiro atoms. The zero-order valence-corrected chi connectivity index (χ0v) is 9.12.